The first-order chi connectivity index (χ1) is 3.36. The summed E-state index contributed by atoms with van der Waals surface area (Å²) in [5.41, 5.74) is 0. The molecule has 0 amide bonds. The lowest BCUT2D eigenvalue weighted by Crippen LogP contribution is -1.92. The van der Waals surface area contributed by atoms with E-state index in [0.29, 0.717) is 18.6 Å². The van der Waals surface area contributed by atoms with Gasteiger partial charge in [-0.05, 0) is 0 Å². The van der Waals surface area contributed by atoms with Gasteiger partial charge in [0.2, 0.25) is 0 Å². The molecular formula is C5H4O2. The van der Waals surface area contributed by atoms with Crippen molar-refractivity contribution < 1.29 is 9.53 Å². The molecule has 2 aliphatic rings. The molecule has 0 aromatic carbocycles. The molecule has 0 fully saturated rings. The Hall–Kier alpha value is -0.790. The molecule has 0 atom stereocenters. The van der Waals surface area contributed by atoms with Gasteiger partial charge in [-0.2, -0.15) is 0 Å². The second-order valence-corrected chi connectivity index (χ2v) is 1.84. The molecule has 0 bridgehead atoms. The Balaban J connectivity index is 2.27. The van der Waals surface area contributed by atoms with Crippen molar-refractivity contribution in [3.63, 3.8) is 0 Å². The van der Waals surface area contributed by atoms with Crippen molar-refractivity contribution in [1.29, 1.82) is 0 Å². The van der Waals surface area contributed by atoms with E-state index in [1.54, 1.807) is 0 Å². The van der Waals surface area contributed by atoms with E-state index in [1.807, 2.05) is 0 Å². The molecule has 2 rings (SSSR count). The van der Waals surface area contributed by atoms with Gasteiger partial charge in [0.05, 0.1) is 12.8 Å². The summed E-state index contributed by atoms with van der Waals surface area (Å²) in [4.78, 5) is 10.4. The topological polar surface area (TPSA) is 29.6 Å². The van der Waals surface area contributed by atoms with Crippen LogP contribution in [-0.4, -0.2) is 5.78 Å². The molecule has 0 spiro atoms. The van der Waals surface area contributed by atoms with Crippen LogP contribution in [0.1, 0.15) is 12.8 Å². The van der Waals surface area contributed by atoms with E-state index < -0.39 is 0 Å². The molecule has 1 heterocycles. The maximum absolute atomic E-state index is 10.4. The zero-order valence-electron chi connectivity index (χ0n) is 3.73. The fourth-order valence-corrected chi connectivity index (χ4v) is 0.813. The zero-order valence-corrected chi connectivity index (χ0v) is 3.73. The lowest BCUT2D eigenvalue weighted by atomic mass is 10.3. The molecule has 36 valence electrons. The highest BCUT2D eigenvalue weighted by molar-refractivity contribution is 5.88. The van der Waals surface area contributed by atoms with Crippen LogP contribution in [0.4, 0.5) is 0 Å². The minimum absolute atomic E-state index is 0.302. The average molecular weight is 96.1 g/mol. The first-order valence-electron chi connectivity index (χ1n) is 2.28. The Morgan fingerprint density at radius 3 is 2.14 bits per heavy atom. The first-order valence-corrected chi connectivity index (χ1v) is 2.28. The molecule has 0 radical (unpaired) electrons. The van der Waals surface area contributed by atoms with Crippen LogP contribution in [-0.2, 0) is 9.53 Å². The molecule has 2 nitrogen and oxygen atoms in total. The van der Waals surface area contributed by atoms with Crippen molar-refractivity contribution in [3.8, 4) is 0 Å². The largest absolute Gasteiger partial charge is 0.458 e. The standard InChI is InChI=1S/C5H4O2/c6-3-1-4-5(2-3)7-4/h1-2H2. The van der Waals surface area contributed by atoms with E-state index in [9.17, 15) is 4.79 Å². The monoisotopic (exact) mass is 96.0 g/mol. The van der Waals surface area contributed by atoms with Gasteiger partial charge in [-0.15, -0.1) is 0 Å². The van der Waals surface area contributed by atoms with Crippen LogP contribution in [0.25, 0.3) is 0 Å². The quantitative estimate of drug-likeness (QED) is 0.441. The molecule has 1 aliphatic heterocycles. The van der Waals surface area contributed by atoms with Gasteiger partial charge in [0.15, 0.2) is 0 Å². The second-order valence-electron chi connectivity index (χ2n) is 1.84. The van der Waals surface area contributed by atoms with Crippen molar-refractivity contribution in [2.24, 2.45) is 0 Å². The summed E-state index contributed by atoms with van der Waals surface area (Å²) in [6.45, 7) is 0. The van der Waals surface area contributed by atoms with Gasteiger partial charge < -0.3 is 4.74 Å². The van der Waals surface area contributed by atoms with Gasteiger partial charge in [-0.25, -0.2) is 0 Å². The van der Waals surface area contributed by atoms with Crippen molar-refractivity contribution in [2.75, 3.05) is 0 Å². The Bertz CT molecular complexity index is 151. The summed E-state index contributed by atoms with van der Waals surface area (Å²) in [5.74, 6) is 2.17. The van der Waals surface area contributed by atoms with Crippen LogP contribution >= 0.6 is 0 Å². The third-order valence-electron chi connectivity index (χ3n) is 1.23. The SMILES string of the molecule is O=C1CC2=C(C1)O2. The smallest absolute Gasteiger partial charge is 0.150 e. The highest BCUT2D eigenvalue weighted by Gasteiger charge is 2.35. The minimum Gasteiger partial charge on any atom is -0.458 e. The first kappa shape index (κ1) is 3.24. The molecule has 0 N–H and O–H groups in total. The van der Waals surface area contributed by atoms with E-state index in [2.05, 4.69) is 0 Å². The number of hydrogen-bond acceptors (Lipinski definition) is 2. The summed E-state index contributed by atoms with van der Waals surface area (Å²) in [7, 11) is 0. The predicted molar refractivity (Wildman–Crippen MR) is 22.4 cm³/mol. The lowest BCUT2D eigenvalue weighted by molar-refractivity contribution is -0.118. The van der Waals surface area contributed by atoms with Crippen molar-refractivity contribution >= 4 is 5.78 Å². The third-order valence-corrected chi connectivity index (χ3v) is 1.23. The van der Waals surface area contributed by atoms with Crippen LogP contribution in [0, 0.1) is 0 Å². The summed E-state index contributed by atoms with van der Waals surface area (Å²) < 4.78 is 4.84. The third kappa shape index (κ3) is 0.308. The van der Waals surface area contributed by atoms with Crippen LogP contribution in [0.5, 0.6) is 0 Å². The Labute approximate surface area is 40.8 Å². The number of allylic oxidation sites excluding steroid dienone is 2. The Morgan fingerprint density at radius 2 is 1.86 bits per heavy atom. The zero-order chi connectivity index (χ0) is 4.85. The molecule has 2 heteroatoms. The average Bonchev–Trinajstić information content (AvgIpc) is 2.15. The van der Waals surface area contributed by atoms with Crippen LogP contribution in [0.15, 0.2) is 11.5 Å². The van der Waals surface area contributed by atoms with Crippen molar-refractivity contribution in [3.05, 3.63) is 11.5 Å². The fourth-order valence-electron chi connectivity index (χ4n) is 0.813. The normalized spacial score (nSPS) is 24.9. The van der Waals surface area contributed by atoms with E-state index >= 15 is 0 Å². The van der Waals surface area contributed by atoms with Gasteiger partial charge in [-0.1, -0.05) is 0 Å². The minimum atomic E-state index is 0.302. The molecule has 0 saturated heterocycles. The second kappa shape index (κ2) is 0.735. The fraction of sp³-hybridized carbons (Fsp3) is 0.400. The van der Waals surface area contributed by atoms with Crippen LogP contribution < -0.4 is 0 Å². The maximum Gasteiger partial charge on any atom is 0.150 e. The van der Waals surface area contributed by atoms with E-state index in [1.165, 1.54) is 0 Å². The molecule has 0 aromatic heterocycles. The maximum atomic E-state index is 10.4. The number of ether oxygens (including phenoxy) is 1. The lowest BCUT2D eigenvalue weighted by Gasteiger charge is -1.87. The van der Waals surface area contributed by atoms with Crippen molar-refractivity contribution in [1.82, 2.24) is 0 Å². The Morgan fingerprint density at radius 1 is 1.29 bits per heavy atom. The highest BCUT2D eigenvalue weighted by atomic mass is 16.6. The molecule has 7 heavy (non-hydrogen) atoms. The molecule has 0 saturated carbocycles. The molecular weight excluding hydrogens is 92.1 g/mol. The number of rotatable bonds is 0. The summed E-state index contributed by atoms with van der Waals surface area (Å²) in [6, 6.07) is 0. The highest BCUT2D eigenvalue weighted by Crippen LogP contribution is 2.38. The summed E-state index contributed by atoms with van der Waals surface area (Å²) >= 11 is 0. The van der Waals surface area contributed by atoms with Gasteiger partial charge in [0, 0.05) is 0 Å². The van der Waals surface area contributed by atoms with E-state index in [0.717, 1.165) is 11.5 Å². The number of Topliss-reactive ketones (excluding diaryl/α,β-unsaturated/α-hetero) is 1. The number of carbonyl (C=O) groups is 1. The molecule has 0 aromatic rings. The van der Waals surface area contributed by atoms with Gasteiger partial charge in [0.1, 0.15) is 17.3 Å². The van der Waals surface area contributed by atoms with Gasteiger partial charge >= 0.3 is 0 Å². The number of hydrogen-bond donors (Lipinski definition) is 0. The van der Waals surface area contributed by atoms with Crippen LogP contribution in [0.2, 0.25) is 0 Å². The summed E-state index contributed by atoms with van der Waals surface area (Å²) in [5, 5.41) is 0. The Kier molecular flexibility index (Phi) is 0.340. The van der Waals surface area contributed by atoms with E-state index in [4.69, 9.17) is 4.74 Å². The molecule has 1 aliphatic carbocycles. The van der Waals surface area contributed by atoms with Gasteiger partial charge in [0.25, 0.3) is 0 Å². The molecule has 0 unspecified atom stereocenters. The summed E-state index contributed by atoms with van der Waals surface area (Å²) in [6.07, 6.45) is 1.13. The predicted octanol–water partition coefficient (Wildman–Crippen LogP) is 0.591. The van der Waals surface area contributed by atoms with E-state index in [-0.39, 0.29) is 0 Å². The van der Waals surface area contributed by atoms with Gasteiger partial charge in [-0.3, -0.25) is 4.79 Å². The number of ketones is 1. The number of carbonyl (C=O) groups excluding carboxylic acids is 1. The van der Waals surface area contributed by atoms with Crippen LogP contribution in [0.3, 0.4) is 0 Å². The van der Waals surface area contributed by atoms with Crippen molar-refractivity contribution in [2.45, 2.75) is 12.8 Å².